The highest BCUT2D eigenvalue weighted by molar-refractivity contribution is 7.89. The molecule has 21 heavy (non-hydrogen) atoms. The molecule has 1 N–H and O–H groups in total. The van der Waals surface area contributed by atoms with Gasteiger partial charge in [-0.2, -0.15) is 0 Å². The molecule has 0 spiro atoms. The Morgan fingerprint density at radius 1 is 1.14 bits per heavy atom. The monoisotopic (exact) mass is 313 g/mol. The largest absolute Gasteiger partial charge is 0.494 e. The summed E-state index contributed by atoms with van der Waals surface area (Å²) < 4.78 is 32.5. The zero-order valence-electron chi connectivity index (χ0n) is 13.3. The minimum Gasteiger partial charge on any atom is -0.494 e. The predicted octanol–water partition coefficient (Wildman–Crippen LogP) is 3.58. The van der Waals surface area contributed by atoms with Crippen LogP contribution in [0.25, 0.3) is 0 Å². The van der Waals surface area contributed by atoms with Crippen LogP contribution in [0.1, 0.15) is 46.5 Å². The van der Waals surface area contributed by atoms with Crippen molar-refractivity contribution in [2.24, 2.45) is 5.92 Å². The number of ether oxygens (including phenoxy) is 1. The summed E-state index contributed by atoms with van der Waals surface area (Å²) in [5, 5.41) is 0. The Morgan fingerprint density at radius 2 is 1.81 bits per heavy atom. The molecule has 0 aliphatic carbocycles. The summed E-state index contributed by atoms with van der Waals surface area (Å²) in [6.45, 7) is 7.22. The number of sulfonamides is 1. The first-order valence-electron chi connectivity index (χ1n) is 7.76. The van der Waals surface area contributed by atoms with Gasteiger partial charge in [0.05, 0.1) is 11.5 Å². The molecular weight excluding hydrogens is 286 g/mol. The number of hydrogen-bond donors (Lipinski definition) is 1. The number of unbranched alkanes of at least 4 members (excludes halogenated alkanes) is 1. The van der Waals surface area contributed by atoms with E-state index in [0.717, 1.165) is 25.7 Å². The van der Waals surface area contributed by atoms with Crippen molar-refractivity contribution in [3.8, 4) is 5.75 Å². The molecule has 120 valence electrons. The molecule has 0 heterocycles. The highest BCUT2D eigenvalue weighted by atomic mass is 32.2. The van der Waals surface area contributed by atoms with Gasteiger partial charge in [-0.3, -0.25) is 0 Å². The molecule has 0 radical (unpaired) electrons. The van der Waals surface area contributed by atoms with Gasteiger partial charge in [-0.25, -0.2) is 13.1 Å². The van der Waals surface area contributed by atoms with E-state index in [-0.39, 0.29) is 4.90 Å². The van der Waals surface area contributed by atoms with Crippen molar-refractivity contribution < 1.29 is 13.2 Å². The van der Waals surface area contributed by atoms with Crippen molar-refractivity contribution in [2.75, 3.05) is 13.2 Å². The van der Waals surface area contributed by atoms with Crippen LogP contribution in [0.3, 0.4) is 0 Å². The molecule has 0 unspecified atom stereocenters. The molecule has 0 amide bonds. The summed E-state index contributed by atoms with van der Waals surface area (Å²) in [6, 6.07) is 6.54. The van der Waals surface area contributed by atoms with Crippen LogP contribution < -0.4 is 9.46 Å². The second kappa shape index (κ2) is 9.05. The molecule has 4 nitrogen and oxygen atoms in total. The molecule has 1 atom stereocenters. The first kappa shape index (κ1) is 18.0. The van der Waals surface area contributed by atoms with Crippen LogP contribution in [0.15, 0.2) is 29.2 Å². The third-order valence-electron chi connectivity index (χ3n) is 3.55. The molecule has 0 fully saturated rings. The van der Waals surface area contributed by atoms with Crippen LogP contribution in [0, 0.1) is 5.92 Å². The molecule has 0 aliphatic rings. The van der Waals surface area contributed by atoms with Crippen LogP contribution in [0.2, 0.25) is 0 Å². The molecule has 1 aromatic carbocycles. The molecule has 1 rings (SSSR count). The average molecular weight is 313 g/mol. The Hall–Kier alpha value is -1.07. The van der Waals surface area contributed by atoms with Gasteiger partial charge in [-0.05, 0) is 43.5 Å². The molecular formula is C16H27NO3S. The fourth-order valence-corrected chi connectivity index (χ4v) is 3.25. The van der Waals surface area contributed by atoms with Gasteiger partial charge in [-0.15, -0.1) is 0 Å². The summed E-state index contributed by atoms with van der Waals surface area (Å²) in [5.41, 5.74) is 0. The number of nitrogens with one attached hydrogen (secondary N) is 1. The van der Waals surface area contributed by atoms with Gasteiger partial charge < -0.3 is 4.74 Å². The Morgan fingerprint density at radius 3 is 2.33 bits per heavy atom. The highest BCUT2D eigenvalue weighted by Crippen LogP contribution is 2.17. The standard InChI is InChI=1S/C16H27NO3S/c1-4-7-8-14(5-2)13-17-21(18,19)16-11-9-15(10-12-16)20-6-3/h9-12,14,17H,4-8,13H2,1-3H3/t14-/m1/s1. The SMILES string of the molecule is CCCC[C@@H](CC)CNS(=O)(=O)c1ccc(OCC)cc1. The third kappa shape index (κ3) is 6.06. The lowest BCUT2D eigenvalue weighted by atomic mass is 10.00. The summed E-state index contributed by atoms with van der Waals surface area (Å²) >= 11 is 0. The maximum absolute atomic E-state index is 12.2. The van der Waals surface area contributed by atoms with E-state index in [9.17, 15) is 8.42 Å². The zero-order valence-corrected chi connectivity index (χ0v) is 14.1. The second-order valence-corrected chi connectivity index (χ2v) is 6.94. The molecule has 1 aromatic rings. The Bertz CT molecular complexity index is 497. The minimum absolute atomic E-state index is 0.288. The van der Waals surface area contributed by atoms with Gasteiger partial charge in [0, 0.05) is 6.54 Å². The van der Waals surface area contributed by atoms with E-state index in [1.807, 2.05) is 6.92 Å². The van der Waals surface area contributed by atoms with Crippen LogP contribution >= 0.6 is 0 Å². The Labute approximate surface area is 129 Å². The van der Waals surface area contributed by atoms with Crippen molar-refractivity contribution in [3.63, 3.8) is 0 Å². The summed E-state index contributed by atoms with van der Waals surface area (Å²) in [7, 11) is -3.43. The van der Waals surface area contributed by atoms with Gasteiger partial charge >= 0.3 is 0 Å². The van der Waals surface area contributed by atoms with E-state index in [2.05, 4.69) is 18.6 Å². The van der Waals surface area contributed by atoms with Crippen LogP contribution in [-0.4, -0.2) is 21.6 Å². The van der Waals surface area contributed by atoms with Gasteiger partial charge in [0.15, 0.2) is 0 Å². The van der Waals surface area contributed by atoms with Gasteiger partial charge in [0.1, 0.15) is 5.75 Å². The normalized spacial score (nSPS) is 13.1. The highest BCUT2D eigenvalue weighted by Gasteiger charge is 2.16. The Balaban J connectivity index is 2.63. The van der Waals surface area contributed by atoms with Gasteiger partial charge in [0.2, 0.25) is 10.0 Å². The van der Waals surface area contributed by atoms with Crippen LogP contribution in [0.4, 0.5) is 0 Å². The van der Waals surface area contributed by atoms with Crippen molar-refractivity contribution in [1.29, 1.82) is 0 Å². The van der Waals surface area contributed by atoms with Gasteiger partial charge in [-0.1, -0.05) is 33.1 Å². The number of hydrogen-bond acceptors (Lipinski definition) is 3. The van der Waals surface area contributed by atoms with E-state index in [1.165, 1.54) is 0 Å². The topological polar surface area (TPSA) is 55.4 Å². The fourth-order valence-electron chi connectivity index (χ4n) is 2.14. The molecule has 0 bridgehead atoms. The summed E-state index contributed by atoms with van der Waals surface area (Å²) in [6.07, 6.45) is 4.34. The molecule has 0 aliphatic heterocycles. The van der Waals surface area contributed by atoms with Crippen LogP contribution in [-0.2, 0) is 10.0 Å². The van der Waals surface area contributed by atoms with E-state index in [1.54, 1.807) is 24.3 Å². The predicted molar refractivity (Wildman–Crippen MR) is 86.1 cm³/mol. The van der Waals surface area contributed by atoms with Crippen molar-refractivity contribution in [3.05, 3.63) is 24.3 Å². The lowest BCUT2D eigenvalue weighted by Gasteiger charge is -2.15. The fraction of sp³-hybridized carbons (Fsp3) is 0.625. The zero-order chi connectivity index (χ0) is 15.7. The van der Waals surface area contributed by atoms with Gasteiger partial charge in [0.25, 0.3) is 0 Å². The van der Waals surface area contributed by atoms with E-state index in [0.29, 0.717) is 24.8 Å². The van der Waals surface area contributed by atoms with Crippen molar-refractivity contribution >= 4 is 10.0 Å². The van der Waals surface area contributed by atoms with E-state index < -0.39 is 10.0 Å². The average Bonchev–Trinajstić information content (AvgIpc) is 2.48. The smallest absolute Gasteiger partial charge is 0.240 e. The quantitative estimate of drug-likeness (QED) is 0.718. The summed E-state index contributed by atoms with van der Waals surface area (Å²) in [4.78, 5) is 0.288. The second-order valence-electron chi connectivity index (χ2n) is 5.17. The van der Waals surface area contributed by atoms with E-state index >= 15 is 0 Å². The number of rotatable bonds is 10. The number of benzene rings is 1. The molecule has 0 saturated carbocycles. The lowest BCUT2D eigenvalue weighted by molar-refractivity contribution is 0.340. The van der Waals surface area contributed by atoms with E-state index in [4.69, 9.17) is 4.74 Å². The summed E-state index contributed by atoms with van der Waals surface area (Å²) in [5.74, 6) is 1.09. The van der Waals surface area contributed by atoms with Crippen molar-refractivity contribution in [1.82, 2.24) is 4.72 Å². The maximum Gasteiger partial charge on any atom is 0.240 e. The van der Waals surface area contributed by atoms with Crippen molar-refractivity contribution in [2.45, 2.75) is 51.3 Å². The maximum atomic E-state index is 12.2. The lowest BCUT2D eigenvalue weighted by Crippen LogP contribution is -2.29. The Kier molecular flexibility index (Phi) is 7.75. The first-order chi connectivity index (χ1) is 10.0. The molecule has 5 heteroatoms. The third-order valence-corrected chi connectivity index (χ3v) is 4.99. The first-order valence-corrected chi connectivity index (χ1v) is 9.24. The van der Waals surface area contributed by atoms with Crippen LogP contribution in [0.5, 0.6) is 5.75 Å². The molecule has 0 saturated heterocycles. The minimum atomic E-state index is -3.43. The molecule has 0 aromatic heterocycles.